The molecule has 2 aliphatic rings. The number of hydrogen-bond acceptors (Lipinski definition) is 6. The van der Waals surface area contributed by atoms with Crippen molar-refractivity contribution in [1.29, 1.82) is 0 Å². The van der Waals surface area contributed by atoms with Gasteiger partial charge < -0.3 is 16.2 Å². The van der Waals surface area contributed by atoms with Crippen LogP contribution in [0.1, 0.15) is 37.7 Å². The van der Waals surface area contributed by atoms with Gasteiger partial charge in [0.25, 0.3) is 0 Å². The number of aliphatic imine (C=N–C) groups is 2. The topological polar surface area (TPSA) is 89.2 Å². The van der Waals surface area contributed by atoms with E-state index in [1.165, 1.54) is 6.42 Å². The van der Waals surface area contributed by atoms with Gasteiger partial charge in [-0.2, -0.15) is 4.99 Å². The molecule has 122 valence electrons. The van der Waals surface area contributed by atoms with Gasteiger partial charge in [0.1, 0.15) is 11.4 Å². The second kappa shape index (κ2) is 5.95. The number of guanidine groups is 2. The molecule has 6 heteroatoms. The Kier molecular flexibility index (Phi) is 3.98. The number of ether oxygens (including phenoxy) is 1. The van der Waals surface area contributed by atoms with Crippen LogP contribution >= 0.6 is 0 Å². The normalized spacial score (nSPS) is 20.0. The van der Waals surface area contributed by atoms with Crippen LogP contribution in [-0.4, -0.2) is 24.7 Å². The number of hydrogen-bond donors (Lipinski definition) is 2. The van der Waals surface area contributed by atoms with Crippen molar-refractivity contribution in [3.63, 3.8) is 0 Å². The van der Waals surface area contributed by atoms with Gasteiger partial charge in [-0.25, -0.2) is 4.99 Å². The van der Waals surface area contributed by atoms with E-state index in [1.54, 1.807) is 13.2 Å². The Morgan fingerprint density at radius 2 is 2.00 bits per heavy atom. The Labute approximate surface area is 136 Å². The Hall–Kier alpha value is -2.50. The minimum atomic E-state index is -0.429. The van der Waals surface area contributed by atoms with E-state index in [0.717, 1.165) is 42.7 Å². The van der Waals surface area contributed by atoms with Gasteiger partial charge in [0.15, 0.2) is 0 Å². The van der Waals surface area contributed by atoms with Gasteiger partial charge in [-0.05, 0) is 43.9 Å². The molecule has 0 radical (unpaired) electrons. The van der Waals surface area contributed by atoms with Crippen molar-refractivity contribution >= 4 is 23.7 Å². The van der Waals surface area contributed by atoms with Gasteiger partial charge >= 0.3 is 0 Å². The molecular formula is C17H23N5O. The zero-order valence-corrected chi connectivity index (χ0v) is 13.5. The highest BCUT2D eigenvalue weighted by Crippen LogP contribution is 2.40. The second-order valence-corrected chi connectivity index (χ2v) is 5.95. The Morgan fingerprint density at radius 1 is 1.26 bits per heavy atom. The number of anilines is 1. The second-order valence-electron chi connectivity index (χ2n) is 5.95. The summed E-state index contributed by atoms with van der Waals surface area (Å²) < 4.78 is 5.36. The number of benzene rings is 1. The third kappa shape index (κ3) is 2.65. The Bertz CT molecular complexity index is 674. The van der Waals surface area contributed by atoms with E-state index < -0.39 is 5.66 Å². The molecule has 0 aromatic heterocycles. The quantitative estimate of drug-likeness (QED) is 0.897. The molecule has 1 saturated carbocycles. The summed E-state index contributed by atoms with van der Waals surface area (Å²) in [5, 5.41) is 0. The number of methoxy groups -OCH3 is 1. The molecule has 1 aliphatic carbocycles. The molecule has 3 rings (SSSR count). The van der Waals surface area contributed by atoms with Crippen molar-refractivity contribution in [2.24, 2.45) is 21.5 Å². The molecule has 1 fully saturated rings. The molecule has 1 aliphatic heterocycles. The van der Waals surface area contributed by atoms with Gasteiger partial charge in [-0.3, -0.25) is 4.90 Å². The maximum absolute atomic E-state index is 6.23. The summed E-state index contributed by atoms with van der Waals surface area (Å²) in [4.78, 5) is 10.9. The highest BCUT2D eigenvalue weighted by Gasteiger charge is 2.42. The van der Waals surface area contributed by atoms with Crippen molar-refractivity contribution in [2.75, 3.05) is 12.0 Å². The molecule has 6 nitrogen and oxygen atoms in total. The van der Waals surface area contributed by atoms with Crippen LogP contribution in [0.3, 0.4) is 0 Å². The number of nitrogens with zero attached hydrogens (tertiary/aromatic N) is 3. The SMILES string of the molecule is C=Cc1cc(N2C(N)=NC(N)=NC23CCCCC3)ccc1OC. The predicted octanol–water partition coefficient (Wildman–Crippen LogP) is 2.45. The van der Waals surface area contributed by atoms with Crippen LogP contribution in [0, 0.1) is 0 Å². The fraction of sp³-hybridized carbons (Fsp3) is 0.412. The summed E-state index contributed by atoms with van der Waals surface area (Å²) in [6, 6.07) is 5.89. The van der Waals surface area contributed by atoms with Crippen LogP contribution in [0.5, 0.6) is 5.75 Å². The van der Waals surface area contributed by atoms with Crippen LogP contribution in [-0.2, 0) is 0 Å². The van der Waals surface area contributed by atoms with Crippen LogP contribution in [0.2, 0.25) is 0 Å². The van der Waals surface area contributed by atoms with Crippen molar-refractivity contribution in [3.8, 4) is 5.75 Å². The van der Waals surface area contributed by atoms with E-state index in [9.17, 15) is 0 Å². The first-order valence-electron chi connectivity index (χ1n) is 7.90. The lowest BCUT2D eigenvalue weighted by molar-refractivity contribution is 0.305. The summed E-state index contributed by atoms with van der Waals surface area (Å²) in [6.45, 7) is 3.85. The fourth-order valence-corrected chi connectivity index (χ4v) is 3.52. The molecule has 0 amide bonds. The molecule has 1 heterocycles. The zero-order valence-electron chi connectivity index (χ0n) is 13.5. The monoisotopic (exact) mass is 313 g/mol. The van der Waals surface area contributed by atoms with E-state index in [4.69, 9.17) is 16.2 Å². The van der Waals surface area contributed by atoms with Crippen LogP contribution in [0.25, 0.3) is 6.08 Å². The van der Waals surface area contributed by atoms with Gasteiger partial charge in [0, 0.05) is 11.3 Å². The first kappa shape index (κ1) is 15.4. The highest BCUT2D eigenvalue weighted by atomic mass is 16.5. The van der Waals surface area contributed by atoms with Crippen molar-refractivity contribution in [1.82, 2.24) is 0 Å². The molecule has 0 unspecified atom stereocenters. The van der Waals surface area contributed by atoms with Gasteiger partial charge in [-0.15, -0.1) is 0 Å². The molecule has 0 saturated heterocycles. The maximum Gasteiger partial charge on any atom is 0.220 e. The Balaban J connectivity index is 2.08. The first-order chi connectivity index (χ1) is 11.1. The number of nitrogens with two attached hydrogens (primary N) is 2. The molecule has 1 aromatic carbocycles. The lowest BCUT2D eigenvalue weighted by Crippen LogP contribution is -2.58. The molecule has 1 aromatic rings. The largest absolute Gasteiger partial charge is 0.496 e. The third-order valence-electron chi connectivity index (χ3n) is 4.54. The zero-order chi connectivity index (χ0) is 16.4. The highest BCUT2D eigenvalue weighted by molar-refractivity contribution is 6.05. The summed E-state index contributed by atoms with van der Waals surface area (Å²) >= 11 is 0. The van der Waals surface area contributed by atoms with Crippen molar-refractivity contribution in [2.45, 2.75) is 37.8 Å². The fourth-order valence-electron chi connectivity index (χ4n) is 3.52. The first-order valence-corrected chi connectivity index (χ1v) is 7.90. The lowest BCUT2D eigenvalue weighted by Gasteiger charge is -2.45. The number of rotatable bonds is 3. The smallest absolute Gasteiger partial charge is 0.220 e. The average molecular weight is 313 g/mol. The molecule has 0 bridgehead atoms. The van der Waals surface area contributed by atoms with E-state index in [2.05, 4.69) is 16.6 Å². The standard InChI is InChI=1S/C17H23N5O/c1-3-12-11-13(7-8-14(12)23-2)22-16(19)20-15(18)21-17(22)9-5-4-6-10-17/h3,7-8,11H,1,4-6,9-10H2,2H3,(H4,18,19,20,21). The minimum Gasteiger partial charge on any atom is -0.496 e. The van der Waals surface area contributed by atoms with Crippen molar-refractivity contribution < 1.29 is 4.74 Å². The van der Waals surface area contributed by atoms with E-state index in [1.807, 2.05) is 23.1 Å². The maximum atomic E-state index is 6.23. The average Bonchev–Trinajstić information content (AvgIpc) is 2.54. The van der Waals surface area contributed by atoms with E-state index >= 15 is 0 Å². The molecule has 0 atom stereocenters. The van der Waals surface area contributed by atoms with Gasteiger partial charge in [-0.1, -0.05) is 19.1 Å². The van der Waals surface area contributed by atoms with Crippen LogP contribution in [0.4, 0.5) is 5.69 Å². The van der Waals surface area contributed by atoms with Gasteiger partial charge in [0.05, 0.1) is 7.11 Å². The van der Waals surface area contributed by atoms with E-state index in [0.29, 0.717) is 5.96 Å². The van der Waals surface area contributed by atoms with Gasteiger partial charge in [0.2, 0.25) is 11.9 Å². The summed E-state index contributed by atoms with van der Waals surface area (Å²) in [7, 11) is 1.65. The molecule has 23 heavy (non-hydrogen) atoms. The third-order valence-corrected chi connectivity index (χ3v) is 4.54. The summed E-state index contributed by atoms with van der Waals surface area (Å²) in [5.74, 6) is 1.43. The van der Waals surface area contributed by atoms with E-state index in [-0.39, 0.29) is 5.96 Å². The summed E-state index contributed by atoms with van der Waals surface area (Å²) in [6.07, 6.45) is 7.02. The van der Waals surface area contributed by atoms with Crippen LogP contribution in [0.15, 0.2) is 34.8 Å². The lowest BCUT2D eigenvalue weighted by atomic mass is 9.87. The summed E-state index contributed by atoms with van der Waals surface area (Å²) in [5.41, 5.74) is 13.5. The molecule has 4 N–H and O–H groups in total. The molecule has 1 spiro atoms. The molecular weight excluding hydrogens is 290 g/mol. The van der Waals surface area contributed by atoms with Crippen molar-refractivity contribution in [3.05, 3.63) is 30.3 Å². The minimum absolute atomic E-state index is 0.262. The Morgan fingerprint density at radius 3 is 2.65 bits per heavy atom. The van der Waals surface area contributed by atoms with Crippen LogP contribution < -0.4 is 21.1 Å². The predicted molar refractivity (Wildman–Crippen MR) is 94.6 cm³/mol.